The van der Waals surface area contributed by atoms with Crippen molar-refractivity contribution in [2.24, 2.45) is 0 Å². The maximum absolute atomic E-state index is 9.84. The summed E-state index contributed by atoms with van der Waals surface area (Å²) in [6, 6.07) is 38.3. The minimum atomic E-state index is -0.415. The lowest BCUT2D eigenvalue weighted by Gasteiger charge is -2.48. The van der Waals surface area contributed by atoms with Gasteiger partial charge in [0.25, 0.3) is 6.71 Å². The third-order valence-electron chi connectivity index (χ3n) is 20.6. The van der Waals surface area contributed by atoms with Gasteiger partial charge in [-0.05, 0) is 216 Å². The molecule has 0 fully saturated rings. The second kappa shape index (κ2) is 17.7. The summed E-state index contributed by atoms with van der Waals surface area (Å²) in [6.45, 7) is 42.5. The smallest absolute Gasteiger partial charge is 0.264 e. The van der Waals surface area contributed by atoms with E-state index in [4.69, 9.17) is 1.37 Å². The molecule has 0 unspecified atom stereocenters. The SMILES string of the molecule is [2H]c1c([2H])c([2H])c(N(c2ccc(C(C)(C)C)cc2)c2cc3c4c(c2)N(c2ccc(C(C)(C)C)cc2)c2c(sc5cc6c(cc25)C(C)(C)CCC6(C)C)B4c2cc4c(cc2N3c2ccc3c(c2)C(C)(C)CCC3(C)C)C(C)(C)CCC4(C)C)c([2H])c1[2H]. The Morgan fingerprint density at radius 1 is 0.444 bits per heavy atom. The minimum Gasteiger partial charge on any atom is -0.311 e. The zero-order valence-corrected chi connectivity index (χ0v) is 52.7. The third kappa shape index (κ3) is 8.53. The zero-order chi connectivity index (χ0) is 61.9. The Kier molecular flexibility index (Phi) is 10.6. The fraction of sp³-hybridized carbons (Fsp3) is 0.421. The lowest BCUT2D eigenvalue weighted by Crippen LogP contribution is -2.61. The number of benzene rings is 7. The van der Waals surface area contributed by atoms with Gasteiger partial charge in [-0.3, -0.25) is 0 Å². The molecule has 5 aliphatic rings. The summed E-state index contributed by atoms with van der Waals surface area (Å²) in [7, 11) is 0. The lowest BCUT2D eigenvalue weighted by molar-refractivity contribution is 0.332. The second-order valence-corrected chi connectivity index (χ2v) is 32.2. The van der Waals surface area contributed by atoms with Crippen molar-refractivity contribution in [3.05, 3.63) is 178 Å². The zero-order valence-electron chi connectivity index (χ0n) is 56.9. The van der Waals surface area contributed by atoms with E-state index >= 15 is 0 Å². The molecule has 13 rings (SSSR count). The second-order valence-electron chi connectivity index (χ2n) is 31.1. The average molecular weight is 1090 g/mol. The van der Waals surface area contributed by atoms with Gasteiger partial charge in [-0.1, -0.05) is 179 Å². The summed E-state index contributed by atoms with van der Waals surface area (Å²) in [4.78, 5) is 7.10. The molecule has 3 nitrogen and oxygen atoms in total. The van der Waals surface area contributed by atoms with Gasteiger partial charge in [0.1, 0.15) is 0 Å². The van der Waals surface area contributed by atoms with Crippen LogP contribution in [-0.2, 0) is 43.3 Å². The first-order valence-corrected chi connectivity index (χ1v) is 31.1. The van der Waals surface area contributed by atoms with Gasteiger partial charge < -0.3 is 14.7 Å². The molecular formula is C76H88BN3S. The largest absolute Gasteiger partial charge is 0.311 e. The summed E-state index contributed by atoms with van der Waals surface area (Å²) in [5.74, 6) is 0. The maximum atomic E-state index is 9.84. The van der Waals surface area contributed by atoms with Crippen molar-refractivity contribution in [1.82, 2.24) is 0 Å². The van der Waals surface area contributed by atoms with Crippen molar-refractivity contribution in [3.8, 4) is 0 Å². The molecule has 3 aliphatic carbocycles. The van der Waals surface area contributed by atoms with Gasteiger partial charge in [0, 0.05) is 54.7 Å². The van der Waals surface area contributed by atoms with Gasteiger partial charge in [-0.25, -0.2) is 0 Å². The van der Waals surface area contributed by atoms with Crippen LogP contribution in [0.5, 0.6) is 0 Å². The van der Waals surface area contributed by atoms with Crippen molar-refractivity contribution < 1.29 is 6.85 Å². The molecule has 2 aliphatic heterocycles. The molecule has 8 aromatic rings. The fourth-order valence-electron chi connectivity index (χ4n) is 15.0. The Morgan fingerprint density at radius 3 is 1.44 bits per heavy atom. The minimum absolute atomic E-state index is 0.000709. The van der Waals surface area contributed by atoms with Crippen LogP contribution in [0.1, 0.15) is 215 Å². The highest BCUT2D eigenvalue weighted by Crippen LogP contribution is 2.57. The van der Waals surface area contributed by atoms with Gasteiger partial charge >= 0.3 is 0 Å². The molecule has 0 saturated carbocycles. The van der Waals surface area contributed by atoms with Crippen LogP contribution in [0.25, 0.3) is 10.1 Å². The lowest BCUT2D eigenvalue weighted by atomic mass is 9.35. The van der Waals surface area contributed by atoms with Crippen molar-refractivity contribution in [2.45, 2.75) is 206 Å². The van der Waals surface area contributed by atoms with Crippen LogP contribution in [0.2, 0.25) is 0 Å². The Morgan fingerprint density at radius 2 is 0.901 bits per heavy atom. The first-order chi connectivity index (χ1) is 39.9. The molecule has 3 heterocycles. The van der Waals surface area contributed by atoms with E-state index in [2.05, 4.69) is 238 Å². The van der Waals surface area contributed by atoms with E-state index < -0.39 is 6.04 Å². The van der Waals surface area contributed by atoms with E-state index in [0.717, 1.165) is 66.8 Å². The molecule has 7 aromatic carbocycles. The van der Waals surface area contributed by atoms with Gasteiger partial charge in [-0.2, -0.15) is 0 Å². The Labute approximate surface area is 498 Å². The number of thiophene rings is 1. The van der Waals surface area contributed by atoms with Gasteiger partial charge in [0.15, 0.2) is 0 Å². The molecule has 0 atom stereocenters. The van der Waals surface area contributed by atoms with Crippen molar-refractivity contribution in [1.29, 1.82) is 0 Å². The van der Waals surface area contributed by atoms with Crippen molar-refractivity contribution >= 4 is 95.0 Å². The number of fused-ring (bicyclic) bond motifs is 9. The van der Waals surface area contributed by atoms with Gasteiger partial charge in [0.05, 0.1) is 18.2 Å². The molecule has 0 spiro atoms. The van der Waals surface area contributed by atoms with Crippen LogP contribution in [0.3, 0.4) is 0 Å². The normalized spacial score (nSPS) is 20.3. The van der Waals surface area contributed by atoms with Crippen LogP contribution in [0.4, 0.5) is 51.2 Å². The fourth-order valence-corrected chi connectivity index (χ4v) is 16.3. The van der Waals surface area contributed by atoms with E-state index in [9.17, 15) is 5.48 Å². The number of hydrogen-bond donors (Lipinski definition) is 0. The predicted molar refractivity (Wildman–Crippen MR) is 354 cm³/mol. The summed E-state index contributed by atoms with van der Waals surface area (Å²) in [5, 5.41) is 1.25. The molecular weight excluding hydrogens is 998 g/mol. The highest BCUT2D eigenvalue weighted by Gasteiger charge is 2.50. The third-order valence-corrected chi connectivity index (χ3v) is 21.8. The molecule has 1 aromatic heterocycles. The van der Waals surface area contributed by atoms with Crippen LogP contribution in [0.15, 0.2) is 133 Å². The van der Waals surface area contributed by atoms with Crippen LogP contribution < -0.4 is 30.4 Å². The summed E-state index contributed by atoms with van der Waals surface area (Å²) >= 11 is 1.97. The summed E-state index contributed by atoms with van der Waals surface area (Å²) in [6.07, 6.45) is 6.57. The van der Waals surface area contributed by atoms with Gasteiger partial charge in [0.2, 0.25) is 0 Å². The van der Waals surface area contributed by atoms with Gasteiger partial charge in [-0.15, -0.1) is 11.3 Å². The van der Waals surface area contributed by atoms with Crippen LogP contribution in [0, 0.1) is 0 Å². The molecule has 81 heavy (non-hydrogen) atoms. The monoisotopic (exact) mass is 1090 g/mol. The molecule has 5 heteroatoms. The average Bonchev–Trinajstić information content (AvgIpc) is 1.21. The van der Waals surface area contributed by atoms with Crippen molar-refractivity contribution in [3.63, 3.8) is 0 Å². The molecule has 416 valence electrons. The number of para-hydroxylation sites is 1. The molecule has 0 amide bonds. The number of hydrogen-bond acceptors (Lipinski definition) is 4. The van der Waals surface area contributed by atoms with E-state index in [0.29, 0.717) is 11.4 Å². The first-order valence-electron chi connectivity index (χ1n) is 32.8. The number of rotatable bonds is 5. The maximum Gasteiger partial charge on any atom is 0.264 e. The predicted octanol–water partition coefficient (Wildman–Crippen LogP) is 20.1. The van der Waals surface area contributed by atoms with Crippen molar-refractivity contribution in [2.75, 3.05) is 14.7 Å². The standard InChI is InChI=1S/C76H88BN3S/c1-69(2,3)47-24-28-50(29-25-47)78(49-22-20-19-21-23-49)53-41-63-66-64(42-53)80(51-30-26-48(27-31-51)70(4,5)6)67-54-43-57-60(76(17,18)39-36-73(57,11)12)46-65(54)81-68(67)77(66)61-44-58-59(75(15,16)38-37-74(58,13)14)45-62(61)79(63)52-32-33-55-56(40-52)72(9,10)35-34-71(55,7)8/h19-33,40-46H,34-39H2,1-18H3/i19D,20D,21D,22D,23D. The quantitative estimate of drug-likeness (QED) is 0.159. The molecule has 0 N–H and O–H groups in total. The molecule has 0 saturated heterocycles. The van der Waals surface area contributed by atoms with Crippen LogP contribution in [-0.4, -0.2) is 6.71 Å². The summed E-state index contributed by atoms with van der Waals surface area (Å²) < 4.78 is 49.7. The van der Waals surface area contributed by atoms with E-state index in [1.165, 1.54) is 76.1 Å². The van der Waals surface area contributed by atoms with E-state index in [-0.39, 0.29) is 79.9 Å². The van der Waals surface area contributed by atoms with Crippen LogP contribution >= 0.6 is 11.3 Å². The Hall–Kier alpha value is -6.04. The Balaban J connectivity index is 1.23. The molecule has 0 radical (unpaired) electrons. The number of nitrogens with zero attached hydrogens (tertiary/aromatic N) is 3. The highest BCUT2D eigenvalue weighted by molar-refractivity contribution is 7.33. The molecule has 0 bridgehead atoms. The highest BCUT2D eigenvalue weighted by atomic mass is 32.1. The Bertz CT molecular complexity index is 4140. The van der Waals surface area contributed by atoms with E-state index in [1.807, 2.05) is 16.2 Å². The first kappa shape index (κ1) is 48.5. The topological polar surface area (TPSA) is 9.72 Å². The summed E-state index contributed by atoms with van der Waals surface area (Å²) in [5.41, 5.74) is 20.8. The number of anilines is 9. The van der Waals surface area contributed by atoms with E-state index in [1.54, 1.807) is 0 Å².